The highest BCUT2D eigenvalue weighted by atomic mass is 79.9. The van der Waals surface area contributed by atoms with Gasteiger partial charge in [0.2, 0.25) is 0 Å². The number of ether oxygens (including phenoxy) is 1. The van der Waals surface area contributed by atoms with Gasteiger partial charge in [0.05, 0.1) is 6.61 Å². The lowest BCUT2D eigenvalue weighted by atomic mass is 10.2. The first kappa shape index (κ1) is 14.8. The van der Waals surface area contributed by atoms with Crippen LogP contribution in [0.2, 0.25) is 0 Å². The molecule has 0 fully saturated rings. The molecule has 2 rings (SSSR count). The minimum Gasteiger partial charge on any atom is -0.381 e. The zero-order chi connectivity index (χ0) is 14.2. The van der Waals surface area contributed by atoms with Crippen LogP contribution in [-0.2, 0) is 11.3 Å². The van der Waals surface area contributed by atoms with E-state index in [1.807, 2.05) is 30.3 Å². The highest BCUT2D eigenvalue weighted by molar-refractivity contribution is 9.10. The first-order valence-electron chi connectivity index (χ1n) is 6.53. The molecular formula is C17H18BrNO. The van der Waals surface area contributed by atoms with E-state index in [-0.39, 0.29) is 0 Å². The molecule has 3 heteroatoms. The summed E-state index contributed by atoms with van der Waals surface area (Å²) in [6.45, 7) is 1.37. The Labute approximate surface area is 128 Å². The Morgan fingerprint density at radius 2 is 1.90 bits per heavy atom. The van der Waals surface area contributed by atoms with Gasteiger partial charge >= 0.3 is 0 Å². The molecule has 0 aliphatic rings. The van der Waals surface area contributed by atoms with Gasteiger partial charge in [-0.25, -0.2) is 0 Å². The van der Waals surface area contributed by atoms with E-state index in [4.69, 9.17) is 4.74 Å². The Kier molecular flexibility index (Phi) is 5.84. The van der Waals surface area contributed by atoms with Crippen molar-refractivity contribution in [3.05, 3.63) is 70.2 Å². The standard InChI is InChI=1S/C17H18BrNO/c1-20-13-15-16(18)10-5-11-17(15)19-12-6-9-14-7-3-2-4-8-14/h2-11,19H,12-13H2,1H3. The number of nitrogens with one attached hydrogen (secondary N) is 1. The fourth-order valence-electron chi connectivity index (χ4n) is 1.94. The number of hydrogen-bond acceptors (Lipinski definition) is 2. The fraction of sp³-hybridized carbons (Fsp3) is 0.176. The summed E-state index contributed by atoms with van der Waals surface area (Å²) >= 11 is 3.56. The third kappa shape index (κ3) is 4.22. The number of methoxy groups -OCH3 is 1. The number of hydrogen-bond donors (Lipinski definition) is 1. The summed E-state index contributed by atoms with van der Waals surface area (Å²) in [5, 5.41) is 3.41. The van der Waals surface area contributed by atoms with Gasteiger partial charge in [0.1, 0.15) is 0 Å². The second-order valence-electron chi connectivity index (χ2n) is 4.39. The minimum atomic E-state index is 0.589. The molecule has 2 aromatic carbocycles. The summed E-state index contributed by atoms with van der Waals surface area (Å²) in [6, 6.07) is 16.4. The Morgan fingerprint density at radius 1 is 1.10 bits per heavy atom. The normalized spacial score (nSPS) is 10.9. The monoisotopic (exact) mass is 331 g/mol. The summed E-state index contributed by atoms with van der Waals surface area (Å²) < 4.78 is 6.30. The first-order valence-corrected chi connectivity index (χ1v) is 7.32. The summed E-state index contributed by atoms with van der Waals surface area (Å²) in [7, 11) is 1.71. The van der Waals surface area contributed by atoms with Crippen molar-refractivity contribution >= 4 is 27.7 Å². The largest absolute Gasteiger partial charge is 0.381 e. The van der Waals surface area contributed by atoms with Crippen LogP contribution in [0.15, 0.2) is 59.1 Å². The van der Waals surface area contributed by atoms with Gasteiger partial charge in [-0.05, 0) is 17.7 Å². The van der Waals surface area contributed by atoms with Crippen molar-refractivity contribution in [1.82, 2.24) is 0 Å². The molecule has 0 aromatic heterocycles. The van der Waals surface area contributed by atoms with Gasteiger partial charge < -0.3 is 10.1 Å². The van der Waals surface area contributed by atoms with Crippen molar-refractivity contribution < 1.29 is 4.74 Å². The molecule has 0 aliphatic carbocycles. The molecule has 0 aliphatic heterocycles. The number of anilines is 1. The average molecular weight is 332 g/mol. The van der Waals surface area contributed by atoms with E-state index in [0.29, 0.717) is 6.61 Å². The Hall–Kier alpha value is -1.58. The fourth-order valence-corrected chi connectivity index (χ4v) is 2.42. The smallest absolute Gasteiger partial charge is 0.0744 e. The average Bonchev–Trinajstić information content (AvgIpc) is 2.48. The molecule has 0 saturated carbocycles. The van der Waals surface area contributed by atoms with Crippen molar-refractivity contribution in [2.45, 2.75) is 6.61 Å². The van der Waals surface area contributed by atoms with Crippen molar-refractivity contribution in [2.24, 2.45) is 0 Å². The van der Waals surface area contributed by atoms with E-state index in [2.05, 4.69) is 51.6 Å². The van der Waals surface area contributed by atoms with Crippen LogP contribution in [0.5, 0.6) is 0 Å². The summed E-state index contributed by atoms with van der Waals surface area (Å²) in [4.78, 5) is 0. The molecular weight excluding hydrogens is 314 g/mol. The molecule has 104 valence electrons. The second-order valence-corrected chi connectivity index (χ2v) is 5.25. The first-order chi connectivity index (χ1) is 9.81. The van der Waals surface area contributed by atoms with E-state index >= 15 is 0 Å². The van der Waals surface area contributed by atoms with Crippen LogP contribution in [-0.4, -0.2) is 13.7 Å². The van der Waals surface area contributed by atoms with Gasteiger partial charge in [0, 0.05) is 29.4 Å². The lowest BCUT2D eigenvalue weighted by Gasteiger charge is -2.11. The van der Waals surface area contributed by atoms with Gasteiger partial charge in [-0.15, -0.1) is 0 Å². The summed E-state index contributed by atoms with van der Waals surface area (Å²) in [5.74, 6) is 0. The van der Waals surface area contributed by atoms with E-state index in [0.717, 1.165) is 22.3 Å². The van der Waals surface area contributed by atoms with Crippen molar-refractivity contribution in [3.63, 3.8) is 0 Å². The molecule has 0 radical (unpaired) electrons. The van der Waals surface area contributed by atoms with Crippen molar-refractivity contribution in [3.8, 4) is 0 Å². The lowest BCUT2D eigenvalue weighted by molar-refractivity contribution is 0.185. The maximum atomic E-state index is 5.24. The highest BCUT2D eigenvalue weighted by Crippen LogP contribution is 2.25. The summed E-state index contributed by atoms with van der Waals surface area (Å²) in [5.41, 5.74) is 3.45. The number of benzene rings is 2. The molecule has 2 nitrogen and oxygen atoms in total. The molecule has 20 heavy (non-hydrogen) atoms. The van der Waals surface area contributed by atoms with E-state index in [1.165, 1.54) is 5.56 Å². The van der Waals surface area contributed by atoms with Crippen LogP contribution >= 0.6 is 15.9 Å². The van der Waals surface area contributed by atoms with E-state index in [1.54, 1.807) is 7.11 Å². The zero-order valence-electron chi connectivity index (χ0n) is 11.5. The summed E-state index contributed by atoms with van der Waals surface area (Å²) in [6.07, 6.45) is 4.23. The number of halogens is 1. The molecule has 0 atom stereocenters. The predicted molar refractivity (Wildman–Crippen MR) is 88.8 cm³/mol. The van der Waals surface area contributed by atoms with Crippen LogP contribution < -0.4 is 5.32 Å². The van der Waals surface area contributed by atoms with Crippen LogP contribution in [0.25, 0.3) is 6.08 Å². The number of rotatable bonds is 6. The second kappa shape index (κ2) is 7.88. The van der Waals surface area contributed by atoms with Gasteiger partial charge in [-0.1, -0.05) is 64.5 Å². The quantitative estimate of drug-likeness (QED) is 0.826. The zero-order valence-corrected chi connectivity index (χ0v) is 13.1. The SMILES string of the molecule is COCc1c(Br)cccc1NCC=Cc1ccccc1. The van der Waals surface area contributed by atoms with E-state index in [9.17, 15) is 0 Å². The van der Waals surface area contributed by atoms with Crippen LogP contribution in [0.4, 0.5) is 5.69 Å². The molecule has 0 saturated heterocycles. The topological polar surface area (TPSA) is 21.3 Å². The molecule has 0 bridgehead atoms. The van der Waals surface area contributed by atoms with Crippen LogP contribution in [0.3, 0.4) is 0 Å². The molecule has 0 amide bonds. The maximum Gasteiger partial charge on any atom is 0.0744 e. The lowest BCUT2D eigenvalue weighted by Crippen LogP contribution is -2.03. The van der Waals surface area contributed by atoms with Crippen LogP contribution in [0.1, 0.15) is 11.1 Å². The molecule has 0 heterocycles. The molecule has 2 aromatic rings. The molecule has 1 N–H and O–H groups in total. The van der Waals surface area contributed by atoms with Gasteiger partial charge in [-0.3, -0.25) is 0 Å². The van der Waals surface area contributed by atoms with Crippen molar-refractivity contribution in [1.29, 1.82) is 0 Å². The van der Waals surface area contributed by atoms with E-state index < -0.39 is 0 Å². The van der Waals surface area contributed by atoms with Gasteiger partial charge in [0.15, 0.2) is 0 Å². The van der Waals surface area contributed by atoms with Crippen molar-refractivity contribution in [2.75, 3.05) is 19.0 Å². The Morgan fingerprint density at radius 3 is 2.65 bits per heavy atom. The molecule has 0 spiro atoms. The predicted octanol–water partition coefficient (Wildman–Crippen LogP) is 4.72. The third-order valence-electron chi connectivity index (χ3n) is 2.93. The maximum absolute atomic E-state index is 5.24. The minimum absolute atomic E-state index is 0.589. The highest BCUT2D eigenvalue weighted by Gasteiger charge is 2.04. The molecule has 0 unspecified atom stereocenters. The van der Waals surface area contributed by atoms with Crippen LogP contribution in [0, 0.1) is 0 Å². The third-order valence-corrected chi connectivity index (χ3v) is 3.67. The Bertz CT molecular complexity index is 566. The van der Waals surface area contributed by atoms with Gasteiger partial charge in [0.25, 0.3) is 0 Å². The van der Waals surface area contributed by atoms with Gasteiger partial charge in [-0.2, -0.15) is 0 Å². The Balaban J connectivity index is 1.97.